The molecular weight excluding hydrogens is 180 g/mol. The Morgan fingerprint density at radius 1 is 1.43 bits per heavy atom. The number of aryl methyl sites for hydroxylation is 1. The van der Waals surface area contributed by atoms with E-state index in [1.54, 1.807) is 17.0 Å². The zero-order chi connectivity index (χ0) is 10.7. The highest BCUT2D eigenvalue weighted by Gasteiger charge is 2.14. The number of nitrogens with zero attached hydrogens (tertiary/aromatic N) is 2. The maximum atomic E-state index is 11.4. The molecule has 14 heavy (non-hydrogen) atoms. The number of methoxy groups -OCH3 is 1. The molecular formula is C10H14N2O2. The number of hydrogen-bond donors (Lipinski definition) is 0. The van der Waals surface area contributed by atoms with Crippen molar-refractivity contribution < 1.29 is 9.53 Å². The predicted molar refractivity (Wildman–Crippen MR) is 54.6 cm³/mol. The standard InChI is InChI=1S/C10H14N2O2/c1-7-5-6-8(10(13)14-4)9(11-7)12(2)3/h5-6H,1-4H3. The van der Waals surface area contributed by atoms with Crippen LogP contribution in [0.25, 0.3) is 0 Å². The Bertz CT molecular complexity index is 348. The van der Waals surface area contributed by atoms with Crippen LogP contribution < -0.4 is 4.90 Å². The first-order valence-corrected chi connectivity index (χ1v) is 4.29. The van der Waals surface area contributed by atoms with Gasteiger partial charge in [-0.05, 0) is 19.1 Å². The number of aromatic nitrogens is 1. The summed E-state index contributed by atoms with van der Waals surface area (Å²) in [5.74, 6) is 0.276. The van der Waals surface area contributed by atoms with Gasteiger partial charge in [-0.25, -0.2) is 9.78 Å². The van der Waals surface area contributed by atoms with Gasteiger partial charge in [-0.1, -0.05) is 0 Å². The highest BCUT2D eigenvalue weighted by Crippen LogP contribution is 2.16. The molecule has 1 aromatic heterocycles. The van der Waals surface area contributed by atoms with E-state index in [-0.39, 0.29) is 5.97 Å². The number of ether oxygens (including phenoxy) is 1. The van der Waals surface area contributed by atoms with Gasteiger partial charge in [0.1, 0.15) is 11.4 Å². The van der Waals surface area contributed by atoms with Crippen LogP contribution >= 0.6 is 0 Å². The fourth-order valence-corrected chi connectivity index (χ4v) is 1.15. The molecule has 0 atom stereocenters. The summed E-state index contributed by atoms with van der Waals surface area (Å²) in [5.41, 5.74) is 1.37. The maximum absolute atomic E-state index is 11.4. The molecule has 4 heteroatoms. The number of hydrogen-bond acceptors (Lipinski definition) is 4. The number of esters is 1. The molecule has 0 saturated carbocycles. The molecule has 76 valence electrons. The predicted octanol–water partition coefficient (Wildman–Crippen LogP) is 1.24. The van der Waals surface area contributed by atoms with E-state index in [0.717, 1.165) is 5.69 Å². The first-order chi connectivity index (χ1) is 6.56. The molecule has 0 N–H and O–H groups in total. The largest absolute Gasteiger partial charge is 0.465 e. The summed E-state index contributed by atoms with van der Waals surface area (Å²) in [6.45, 7) is 1.88. The Hall–Kier alpha value is -1.58. The third kappa shape index (κ3) is 2.02. The summed E-state index contributed by atoms with van der Waals surface area (Å²) in [5, 5.41) is 0. The first kappa shape index (κ1) is 10.5. The molecule has 0 fully saturated rings. The fraction of sp³-hybridized carbons (Fsp3) is 0.400. The van der Waals surface area contributed by atoms with Gasteiger partial charge in [-0.3, -0.25) is 0 Å². The molecule has 0 aliphatic rings. The summed E-state index contributed by atoms with van der Waals surface area (Å²) in [6, 6.07) is 3.52. The van der Waals surface area contributed by atoms with Gasteiger partial charge in [0.2, 0.25) is 0 Å². The van der Waals surface area contributed by atoms with Gasteiger partial charge in [0.05, 0.1) is 7.11 Å². The average Bonchev–Trinajstić information content (AvgIpc) is 2.16. The van der Waals surface area contributed by atoms with Crippen LogP contribution in [0.1, 0.15) is 16.1 Å². The van der Waals surface area contributed by atoms with Gasteiger partial charge in [0.15, 0.2) is 0 Å². The van der Waals surface area contributed by atoms with Crippen LogP contribution in [0.5, 0.6) is 0 Å². The van der Waals surface area contributed by atoms with Crippen LogP contribution in [-0.4, -0.2) is 32.2 Å². The minimum absolute atomic E-state index is 0.360. The third-order valence-corrected chi connectivity index (χ3v) is 1.84. The van der Waals surface area contributed by atoms with E-state index in [4.69, 9.17) is 0 Å². The quantitative estimate of drug-likeness (QED) is 0.664. The number of rotatable bonds is 2. The average molecular weight is 194 g/mol. The van der Waals surface area contributed by atoms with Crippen LogP contribution in [0.2, 0.25) is 0 Å². The first-order valence-electron chi connectivity index (χ1n) is 4.29. The van der Waals surface area contributed by atoms with Gasteiger partial charge in [-0.2, -0.15) is 0 Å². The molecule has 1 rings (SSSR count). The van der Waals surface area contributed by atoms with E-state index >= 15 is 0 Å². The highest BCUT2D eigenvalue weighted by molar-refractivity contribution is 5.94. The third-order valence-electron chi connectivity index (χ3n) is 1.84. The van der Waals surface area contributed by atoms with Gasteiger partial charge in [-0.15, -0.1) is 0 Å². The molecule has 0 amide bonds. The Morgan fingerprint density at radius 2 is 2.07 bits per heavy atom. The van der Waals surface area contributed by atoms with E-state index in [2.05, 4.69) is 9.72 Å². The second kappa shape index (κ2) is 4.09. The Balaban J connectivity index is 3.21. The van der Waals surface area contributed by atoms with Crippen molar-refractivity contribution >= 4 is 11.8 Å². The summed E-state index contributed by atoms with van der Waals surface area (Å²) < 4.78 is 4.66. The van der Waals surface area contributed by atoms with Gasteiger partial charge in [0, 0.05) is 19.8 Å². The molecule has 1 aromatic rings. The monoisotopic (exact) mass is 194 g/mol. The SMILES string of the molecule is COC(=O)c1ccc(C)nc1N(C)C. The smallest absolute Gasteiger partial charge is 0.341 e. The van der Waals surface area contributed by atoms with Crippen molar-refractivity contribution in [2.75, 3.05) is 26.1 Å². The normalized spacial score (nSPS) is 9.71. The van der Waals surface area contributed by atoms with Gasteiger partial charge < -0.3 is 9.64 Å². The van der Waals surface area contributed by atoms with E-state index in [1.165, 1.54) is 7.11 Å². The summed E-state index contributed by atoms with van der Waals surface area (Å²) in [4.78, 5) is 17.4. The number of anilines is 1. The summed E-state index contributed by atoms with van der Waals surface area (Å²) >= 11 is 0. The fourth-order valence-electron chi connectivity index (χ4n) is 1.15. The van der Waals surface area contributed by atoms with Crippen molar-refractivity contribution in [3.8, 4) is 0 Å². The second-order valence-corrected chi connectivity index (χ2v) is 3.21. The van der Waals surface area contributed by atoms with Crippen LogP contribution in [0.3, 0.4) is 0 Å². The van der Waals surface area contributed by atoms with Crippen molar-refractivity contribution in [1.82, 2.24) is 4.98 Å². The van der Waals surface area contributed by atoms with E-state index in [9.17, 15) is 4.79 Å². The van der Waals surface area contributed by atoms with Crippen LogP contribution in [-0.2, 0) is 4.74 Å². The van der Waals surface area contributed by atoms with Crippen LogP contribution in [0.15, 0.2) is 12.1 Å². The topological polar surface area (TPSA) is 42.4 Å². The van der Waals surface area contributed by atoms with Gasteiger partial charge >= 0.3 is 5.97 Å². The lowest BCUT2D eigenvalue weighted by Crippen LogP contribution is -2.16. The molecule has 0 bridgehead atoms. The molecule has 0 aliphatic heterocycles. The van der Waals surface area contributed by atoms with Crippen molar-refractivity contribution in [2.24, 2.45) is 0 Å². The van der Waals surface area contributed by atoms with Crippen molar-refractivity contribution in [2.45, 2.75) is 6.92 Å². The zero-order valence-electron chi connectivity index (χ0n) is 8.87. The Kier molecular flexibility index (Phi) is 3.06. The van der Waals surface area contributed by atoms with Crippen molar-refractivity contribution in [3.05, 3.63) is 23.4 Å². The molecule has 0 unspecified atom stereocenters. The van der Waals surface area contributed by atoms with Crippen molar-refractivity contribution in [3.63, 3.8) is 0 Å². The molecule has 4 nitrogen and oxygen atoms in total. The molecule has 0 aromatic carbocycles. The molecule has 0 saturated heterocycles. The molecule has 1 heterocycles. The molecule has 0 aliphatic carbocycles. The number of pyridine rings is 1. The van der Waals surface area contributed by atoms with Crippen LogP contribution in [0.4, 0.5) is 5.82 Å². The second-order valence-electron chi connectivity index (χ2n) is 3.21. The zero-order valence-corrected chi connectivity index (χ0v) is 8.87. The summed E-state index contributed by atoms with van der Waals surface area (Å²) in [7, 11) is 5.05. The Labute approximate surface area is 83.5 Å². The van der Waals surface area contributed by atoms with Gasteiger partial charge in [0.25, 0.3) is 0 Å². The minimum Gasteiger partial charge on any atom is -0.465 e. The lowest BCUT2D eigenvalue weighted by Gasteiger charge is -2.15. The number of carbonyl (C=O) groups excluding carboxylic acids is 1. The maximum Gasteiger partial charge on any atom is 0.341 e. The van der Waals surface area contributed by atoms with E-state index in [0.29, 0.717) is 11.4 Å². The Morgan fingerprint density at radius 3 is 2.57 bits per heavy atom. The van der Waals surface area contributed by atoms with Crippen LogP contribution in [0, 0.1) is 6.92 Å². The van der Waals surface area contributed by atoms with E-state index < -0.39 is 0 Å². The van der Waals surface area contributed by atoms with Crippen molar-refractivity contribution in [1.29, 1.82) is 0 Å². The summed E-state index contributed by atoms with van der Waals surface area (Å²) in [6.07, 6.45) is 0. The lowest BCUT2D eigenvalue weighted by molar-refractivity contribution is 0.0601. The molecule has 0 spiro atoms. The lowest BCUT2D eigenvalue weighted by atomic mass is 10.2. The number of carbonyl (C=O) groups is 1. The highest BCUT2D eigenvalue weighted by atomic mass is 16.5. The van der Waals surface area contributed by atoms with E-state index in [1.807, 2.05) is 21.0 Å². The molecule has 0 radical (unpaired) electrons. The minimum atomic E-state index is -0.360.